The fourth-order valence-electron chi connectivity index (χ4n) is 3.85. The van der Waals surface area contributed by atoms with Crippen LogP contribution in [0, 0.1) is 5.82 Å². The first-order valence-corrected chi connectivity index (χ1v) is 9.32. The summed E-state index contributed by atoms with van der Waals surface area (Å²) in [5.74, 6) is 2.21. The first kappa shape index (κ1) is 17.0. The van der Waals surface area contributed by atoms with Gasteiger partial charge in [0.1, 0.15) is 17.3 Å². The van der Waals surface area contributed by atoms with Gasteiger partial charge in [0.2, 0.25) is 0 Å². The van der Waals surface area contributed by atoms with Crippen LogP contribution in [-0.2, 0) is 13.0 Å². The van der Waals surface area contributed by atoms with Crippen LogP contribution in [0.25, 0.3) is 11.1 Å². The van der Waals surface area contributed by atoms with E-state index in [-0.39, 0.29) is 5.82 Å². The summed E-state index contributed by atoms with van der Waals surface area (Å²) < 4.78 is 19.5. The van der Waals surface area contributed by atoms with Gasteiger partial charge in [0, 0.05) is 30.1 Å². The quantitative estimate of drug-likeness (QED) is 0.720. The molecule has 1 saturated heterocycles. The maximum absolute atomic E-state index is 13.6. The van der Waals surface area contributed by atoms with Crippen molar-refractivity contribution in [1.29, 1.82) is 0 Å². The molecule has 0 radical (unpaired) electrons. The number of aromatic amines is 1. The number of benzene rings is 1. The standard InChI is InChI=1S/C21H24FN3O/c1-2-18-8-9-19(26-18)14-25-10-4-6-16(13-25)21-20(12-23-24-21)15-5-3-7-17(22)11-15/h3,5,7-9,11-12,16H,2,4,6,10,13-14H2,1H3,(H,23,24)/t16-/m1/s1. The molecule has 3 heterocycles. The molecule has 0 spiro atoms. The van der Waals surface area contributed by atoms with Crippen molar-refractivity contribution in [1.82, 2.24) is 15.1 Å². The lowest BCUT2D eigenvalue weighted by Gasteiger charge is -2.32. The number of halogens is 1. The van der Waals surface area contributed by atoms with E-state index in [2.05, 4.69) is 34.2 Å². The summed E-state index contributed by atoms with van der Waals surface area (Å²) in [6.45, 7) is 4.96. The number of nitrogens with zero attached hydrogens (tertiary/aromatic N) is 2. The molecule has 1 aliphatic rings. The number of likely N-dealkylation sites (tertiary alicyclic amines) is 1. The van der Waals surface area contributed by atoms with Gasteiger partial charge in [-0.15, -0.1) is 0 Å². The number of hydrogen-bond acceptors (Lipinski definition) is 3. The van der Waals surface area contributed by atoms with Crippen LogP contribution in [0.15, 0.2) is 47.0 Å². The Bertz CT molecular complexity index is 870. The van der Waals surface area contributed by atoms with Crippen LogP contribution in [0.1, 0.15) is 42.9 Å². The second-order valence-electron chi connectivity index (χ2n) is 7.00. The molecule has 1 N–H and O–H groups in total. The molecule has 4 rings (SSSR count). The summed E-state index contributed by atoms with van der Waals surface area (Å²) in [6, 6.07) is 10.9. The number of nitrogens with one attached hydrogen (secondary N) is 1. The first-order valence-electron chi connectivity index (χ1n) is 9.32. The molecular formula is C21H24FN3O. The van der Waals surface area contributed by atoms with Crippen molar-refractivity contribution < 1.29 is 8.81 Å². The molecule has 26 heavy (non-hydrogen) atoms. The monoisotopic (exact) mass is 353 g/mol. The molecule has 1 aromatic carbocycles. The highest BCUT2D eigenvalue weighted by Gasteiger charge is 2.25. The second-order valence-corrected chi connectivity index (χ2v) is 7.00. The Hall–Kier alpha value is -2.40. The molecule has 0 aliphatic carbocycles. The number of H-pyrrole nitrogens is 1. The van der Waals surface area contributed by atoms with Crippen LogP contribution in [0.5, 0.6) is 0 Å². The van der Waals surface area contributed by atoms with Crippen molar-refractivity contribution in [2.75, 3.05) is 13.1 Å². The van der Waals surface area contributed by atoms with Gasteiger partial charge in [-0.2, -0.15) is 5.10 Å². The molecule has 1 fully saturated rings. The van der Waals surface area contributed by atoms with Gasteiger partial charge >= 0.3 is 0 Å². The Morgan fingerprint density at radius 2 is 2.15 bits per heavy atom. The van der Waals surface area contributed by atoms with Crippen molar-refractivity contribution in [3.8, 4) is 11.1 Å². The maximum Gasteiger partial charge on any atom is 0.123 e. The van der Waals surface area contributed by atoms with Crippen molar-refractivity contribution in [3.05, 3.63) is 65.6 Å². The third-order valence-electron chi connectivity index (χ3n) is 5.16. The van der Waals surface area contributed by atoms with E-state index in [1.165, 1.54) is 6.07 Å². The number of furan rings is 1. The summed E-state index contributed by atoms with van der Waals surface area (Å²) in [6.07, 6.45) is 4.98. The highest BCUT2D eigenvalue weighted by Crippen LogP contribution is 2.33. The Labute approximate surface area is 153 Å². The van der Waals surface area contributed by atoms with Crippen molar-refractivity contribution in [2.24, 2.45) is 0 Å². The largest absolute Gasteiger partial charge is 0.465 e. The fraction of sp³-hybridized carbons (Fsp3) is 0.381. The van der Waals surface area contributed by atoms with Gasteiger partial charge in [0.05, 0.1) is 12.7 Å². The molecule has 5 heteroatoms. The SMILES string of the molecule is CCc1ccc(CN2CCC[C@@H](c3[nH]ncc3-c3cccc(F)c3)C2)o1. The van der Waals surface area contributed by atoms with Crippen LogP contribution in [0.3, 0.4) is 0 Å². The fourth-order valence-corrected chi connectivity index (χ4v) is 3.85. The predicted molar refractivity (Wildman–Crippen MR) is 99.3 cm³/mol. The zero-order chi connectivity index (χ0) is 17.9. The van der Waals surface area contributed by atoms with E-state index in [9.17, 15) is 4.39 Å². The lowest BCUT2D eigenvalue weighted by atomic mass is 9.90. The van der Waals surface area contributed by atoms with E-state index in [0.717, 1.165) is 67.2 Å². The number of piperidine rings is 1. The molecule has 2 aromatic heterocycles. The highest BCUT2D eigenvalue weighted by molar-refractivity contribution is 5.65. The van der Waals surface area contributed by atoms with Crippen LogP contribution in [0.4, 0.5) is 4.39 Å². The van der Waals surface area contributed by atoms with Gasteiger partial charge < -0.3 is 4.42 Å². The van der Waals surface area contributed by atoms with E-state index < -0.39 is 0 Å². The molecule has 136 valence electrons. The number of rotatable bonds is 5. The van der Waals surface area contributed by atoms with Crippen molar-refractivity contribution >= 4 is 0 Å². The predicted octanol–water partition coefficient (Wildman–Crippen LogP) is 4.75. The summed E-state index contributed by atoms with van der Waals surface area (Å²) in [5, 5.41) is 7.41. The molecule has 0 unspecified atom stereocenters. The van der Waals surface area contributed by atoms with Gasteiger partial charge in [-0.05, 0) is 49.2 Å². The second kappa shape index (κ2) is 7.46. The summed E-state index contributed by atoms with van der Waals surface area (Å²) in [5.41, 5.74) is 2.99. The smallest absolute Gasteiger partial charge is 0.123 e. The maximum atomic E-state index is 13.6. The number of aryl methyl sites for hydroxylation is 1. The van der Waals surface area contributed by atoms with Crippen LogP contribution in [-0.4, -0.2) is 28.2 Å². The Morgan fingerprint density at radius 1 is 1.27 bits per heavy atom. The average molecular weight is 353 g/mol. The summed E-state index contributed by atoms with van der Waals surface area (Å²) >= 11 is 0. The van der Waals surface area contributed by atoms with E-state index in [1.54, 1.807) is 12.1 Å². The third-order valence-corrected chi connectivity index (χ3v) is 5.16. The molecule has 3 aromatic rings. The normalized spacial score (nSPS) is 18.3. The third kappa shape index (κ3) is 3.58. The van der Waals surface area contributed by atoms with Gasteiger partial charge in [-0.25, -0.2) is 4.39 Å². The highest BCUT2D eigenvalue weighted by atomic mass is 19.1. The van der Waals surface area contributed by atoms with E-state index in [0.29, 0.717) is 5.92 Å². The minimum absolute atomic E-state index is 0.218. The van der Waals surface area contributed by atoms with E-state index in [1.807, 2.05) is 12.3 Å². The summed E-state index contributed by atoms with van der Waals surface area (Å²) in [7, 11) is 0. The molecule has 4 nitrogen and oxygen atoms in total. The minimum atomic E-state index is -0.218. The van der Waals surface area contributed by atoms with Crippen molar-refractivity contribution in [2.45, 2.75) is 38.6 Å². The molecule has 0 saturated carbocycles. The average Bonchev–Trinajstić information content (AvgIpc) is 3.31. The molecule has 1 aliphatic heterocycles. The number of hydrogen-bond donors (Lipinski definition) is 1. The zero-order valence-electron chi connectivity index (χ0n) is 15.0. The van der Waals surface area contributed by atoms with Gasteiger partial charge in [-0.1, -0.05) is 19.1 Å². The summed E-state index contributed by atoms with van der Waals surface area (Å²) in [4.78, 5) is 2.43. The molecule has 0 amide bonds. The Balaban J connectivity index is 1.51. The van der Waals surface area contributed by atoms with E-state index in [4.69, 9.17) is 4.42 Å². The first-order chi connectivity index (χ1) is 12.7. The topological polar surface area (TPSA) is 45.1 Å². The van der Waals surface area contributed by atoms with Crippen LogP contribution >= 0.6 is 0 Å². The van der Waals surface area contributed by atoms with Crippen LogP contribution in [0.2, 0.25) is 0 Å². The van der Waals surface area contributed by atoms with E-state index >= 15 is 0 Å². The lowest BCUT2D eigenvalue weighted by molar-refractivity contribution is 0.184. The zero-order valence-corrected chi connectivity index (χ0v) is 15.0. The van der Waals surface area contributed by atoms with Crippen molar-refractivity contribution in [3.63, 3.8) is 0 Å². The van der Waals surface area contributed by atoms with Gasteiger partial charge in [0.15, 0.2) is 0 Å². The Kier molecular flexibility index (Phi) is 4.89. The molecular weight excluding hydrogens is 329 g/mol. The van der Waals surface area contributed by atoms with Crippen LogP contribution < -0.4 is 0 Å². The minimum Gasteiger partial charge on any atom is -0.465 e. The molecule has 0 bridgehead atoms. The molecule has 1 atom stereocenters. The van der Waals surface area contributed by atoms with Gasteiger partial charge in [0.25, 0.3) is 0 Å². The van der Waals surface area contributed by atoms with Gasteiger partial charge in [-0.3, -0.25) is 10.00 Å². The lowest BCUT2D eigenvalue weighted by Crippen LogP contribution is -2.34. The number of aromatic nitrogens is 2. The Morgan fingerprint density at radius 3 is 2.96 bits per heavy atom.